The third-order valence-electron chi connectivity index (χ3n) is 4.12. The van der Waals surface area contributed by atoms with Gasteiger partial charge in [-0.15, -0.1) is 0 Å². The zero-order valence-electron chi connectivity index (χ0n) is 16.5. The van der Waals surface area contributed by atoms with Crippen molar-refractivity contribution >= 4 is 27.5 Å². The topological polar surface area (TPSA) is 56.8 Å². The van der Waals surface area contributed by atoms with Crippen molar-refractivity contribution in [3.05, 3.63) is 52.5 Å². The molecule has 2 rings (SSSR count). The van der Waals surface area contributed by atoms with Crippen molar-refractivity contribution < 1.29 is 19.0 Å². The van der Waals surface area contributed by atoms with Gasteiger partial charge >= 0.3 is 0 Å². The van der Waals surface area contributed by atoms with Crippen LogP contribution < -0.4 is 14.8 Å². The van der Waals surface area contributed by atoms with Gasteiger partial charge in [-0.2, -0.15) is 0 Å². The van der Waals surface area contributed by atoms with Crippen molar-refractivity contribution in [2.75, 3.05) is 32.2 Å². The van der Waals surface area contributed by atoms with Crippen molar-refractivity contribution in [2.24, 2.45) is 0 Å². The summed E-state index contributed by atoms with van der Waals surface area (Å²) in [4.78, 5) is 12.5. The number of hydrogen-bond donors (Lipinski definition) is 1. The molecule has 6 heteroatoms. The second-order valence-corrected chi connectivity index (χ2v) is 7.23. The number of carbonyl (C=O) groups excluding carboxylic acids is 1. The number of methoxy groups -OCH3 is 1. The maximum absolute atomic E-state index is 12.5. The molecule has 0 saturated carbocycles. The molecule has 0 atom stereocenters. The third-order valence-corrected chi connectivity index (χ3v) is 4.74. The van der Waals surface area contributed by atoms with Crippen LogP contribution in [0.5, 0.6) is 11.5 Å². The van der Waals surface area contributed by atoms with Crippen LogP contribution in [0, 0.1) is 0 Å². The van der Waals surface area contributed by atoms with Crippen LogP contribution in [-0.4, -0.2) is 32.8 Å². The number of anilines is 1. The molecule has 0 aliphatic heterocycles. The number of ether oxygens (including phenoxy) is 3. The van der Waals surface area contributed by atoms with E-state index in [1.54, 1.807) is 25.3 Å². The molecule has 0 unspecified atom stereocenters. The Balaban J connectivity index is 1.85. The molecule has 0 radical (unpaired) electrons. The minimum Gasteiger partial charge on any atom is -0.494 e. The zero-order chi connectivity index (χ0) is 20.2. The largest absolute Gasteiger partial charge is 0.494 e. The van der Waals surface area contributed by atoms with Gasteiger partial charge in [-0.25, -0.2) is 0 Å². The Labute approximate surface area is 175 Å². The van der Waals surface area contributed by atoms with Gasteiger partial charge in [-0.1, -0.05) is 26.2 Å². The molecule has 0 aliphatic carbocycles. The monoisotopic (exact) mass is 449 g/mol. The molecule has 0 spiro atoms. The lowest BCUT2D eigenvalue weighted by atomic mass is 10.2. The Kier molecular flexibility index (Phi) is 9.86. The van der Waals surface area contributed by atoms with E-state index in [-0.39, 0.29) is 5.91 Å². The Hall–Kier alpha value is -2.05. The first-order valence-corrected chi connectivity index (χ1v) is 10.4. The minimum absolute atomic E-state index is 0.183. The molecule has 1 N–H and O–H groups in total. The number of carbonyl (C=O) groups is 1. The SMILES string of the molecule is CCCCCCOc1ccc(NC(=O)c2ccc(OCCOC)c(Br)c2)cc1. The molecule has 1 amide bonds. The minimum atomic E-state index is -0.183. The molecule has 0 aromatic heterocycles. The predicted octanol–water partition coefficient (Wildman–Crippen LogP) is 5.69. The highest BCUT2D eigenvalue weighted by Gasteiger charge is 2.10. The summed E-state index contributed by atoms with van der Waals surface area (Å²) in [6.45, 7) is 3.87. The molecule has 152 valence electrons. The lowest BCUT2D eigenvalue weighted by Gasteiger charge is -2.10. The van der Waals surface area contributed by atoms with Crippen LogP contribution in [0.4, 0.5) is 5.69 Å². The summed E-state index contributed by atoms with van der Waals surface area (Å²) in [7, 11) is 1.62. The third kappa shape index (κ3) is 7.52. The number of nitrogens with one attached hydrogen (secondary N) is 1. The molecule has 0 bridgehead atoms. The van der Waals surface area contributed by atoms with Crippen LogP contribution in [0.1, 0.15) is 43.0 Å². The summed E-state index contributed by atoms with van der Waals surface area (Å²) in [6.07, 6.45) is 4.71. The second-order valence-electron chi connectivity index (χ2n) is 6.37. The summed E-state index contributed by atoms with van der Waals surface area (Å²) in [5, 5.41) is 2.89. The van der Waals surface area contributed by atoms with Crippen molar-refractivity contribution in [3.8, 4) is 11.5 Å². The lowest BCUT2D eigenvalue weighted by Crippen LogP contribution is -2.12. The van der Waals surface area contributed by atoms with Gasteiger partial charge in [0.25, 0.3) is 5.91 Å². The van der Waals surface area contributed by atoms with E-state index in [1.807, 2.05) is 24.3 Å². The van der Waals surface area contributed by atoms with Crippen LogP contribution in [0.3, 0.4) is 0 Å². The average molecular weight is 450 g/mol. The van der Waals surface area contributed by atoms with E-state index >= 15 is 0 Å². The zero-order valence-corrected chi connectivity index (χ0v) is 18.1. The molecule has 0 saturated heterocycles. The van der Waals surface area contributed by atoms with E-state index in [4.69, 9.17) is 14.2 Å². The molecule has 2 aromatic rings. The number of hydrogen-bond acceptors (Lipinski definition) is 4. The van der Waals surface area contributed by atoms with Gasteiger partial charge in [0.1, 0.15) is 18.1 Å². The van der Waals surface area contributed by atoms with Gasteiger partial charge in [0, 0.05) is 18.4 Å². The van der Waals surface area contributed by atoms with Crippen LogP contribution >= 0.6 is 15.9 Å². The van der Waals surface area contributed by atoms with Gasteiger partial charge < -0.3 is 19.5 Å². The molecular formula is C22H28BrNO4. The van der Waals surface area contributed by atoms with Gasteiger partial charge in [0.15, 0.2) is 0 Å². The maximum atomic E-state index is 12.5. The van der Waals surface area contributed by atoms with Crippen molar-refractivity contribution in [1.29, 1.82) is 0 Å². The summed E-state index contributed by atoms with van der Waals surface area (Å²) >= 11 is 3.44. The van der Waals surface area contributed by atoms with Crippen LogP contribution in [0.2, 0.25) is 0 Å². The normalized spacial score (nSPS) is 10.5. The standard InChI is InChI=1S/C22H28BrNO4/c1-3-4-5-6-13-27-19-10-8-18(9-11-19)24-22(25)17-7-12-21(20(23)16-17)28-15-14-26-2/h7-12,16H,3-6,13-15H2,1-2H3,(H,24,25). The van der Waals surface area contributed by atoms with E-state index in [9.17, 15) is 4.79 Å². The fourth-order valence-corrected chi connectivity index (χ4v) is 3.04. The lowest BCUT2D eigenvalue weighted by molar-refractivity contribution is 0.102. The molecule has 28 heavy (non-hydrogen) atoms. The predicted molar refractivity (Wildman–Crippen MR) is 116 cm³/mol. The number of rotatable bonds is 12. The molecule has 2 aromatic carbocycles. The highest BCUT2D eigenvalue weighted by molar-refractivity contribution is 9.10. The first-order chi connectivity index (χ1) is 13.6. The first kappa shape index (κ1) is 22.2. The van der Waals surface area contributed by atoms with E-state index in [0.717, 1.165) is 28.9 Å². The van der Waals surface area contributed by atoms with Gasteiger partial charge in [-0.05, 0) is 64.8 Å². The van der Waals surface area contributed by atoms with Crippen molar-refractivity contribution in [1.82, 2.24) is 0 Å². The number of unbranched alkanes of at least 4 members (excludes halogenated alkanes) is 3. The highest BCUT2D eigenvalue weighted by Crippen LogP contribution is 2.26. The van der Waals surface area contributed by atoms with Crippen LogP contribution in [0.25, 0.3) is 0 Å². The molecule has 0 heterocycles. The molecule has 0 aliphatic rings. The van der Waals surface area contributed by atoms with Gasteiger partial charge in [0.05, 0.1) is 17.7 Å². The van der Waals surface area contributed by atoms with E-state index < -0.39 is 0 Å². The van der Waals surface area contributed by atoms with E-state index in [1.165, 1.54) is 19.3 Å². The highest BCUT2D eigenvalue weighted by atomic mass is 79.9. The second kappa shape index (κ2) is 12.4. The number of benzene rings is 2. The fraction of sp³-hybridized carbons (Fsp3) is 0.409. The fourth-order valence-electron chi connectivity index (χ4n) is 2.55. The Bertz CT molecular complexity index is 734. The maximum Gasteiger partial charge on any atom is 0.255 e. The Morgan fingerprint density at radius 3 is 2.43 bits per heavy atom. The van der Waals surface area contributed by atoms with E-state index in [2.05, 4.69) is 28.2 Å². The van der Waals surface area contributed by atoms with Crippen molar-refractivity contribution in [3.63, 3.8) is 0 Å². The Morgan fingerprint density at radius 2 is 1.75 bits per heavy atom. The number of amides is 1. The summed E-state index contributed by atoms with van der Waals surface area (Å²) in [5.74, 6) is 1.31. The van der Waals surface area contributed by atoms with Gasteiger partial charge in [-0.3, -0.25) is 4.79 Å². The summed E-state index contributed by atoms with van der Waals surface area (Å²) in [5.41, 5.74) is 1.27. The Morgan fingerprint density at radius 1 is 0.964 bits per heavy atom. The molecule has 0 fully saturated rings. The van der Waals surface area contributed by atoms with Gasteiger partial charge in [0.2, 0.25) is 0 Å². The quantitative estimate of drug-likeness (QED) is 0.423. The molecular weight excluding hydrogens is 422 g/mol. The van der Waals surface area contributed by atoms with E-state index in [0.29, 0.717) is 24.5 Å². The smallest absolute Gasteiger partial charge is 0.255 e. The average Bonchev–Trinajstić information content (AvgIpc) is 2.70. The van der Waals surface area contributed by atoms with Crippen molar-refractivity contribution in [2.45, 2.75) is 32.6 Å². The van der Waals surface area contributed by atoms with Crippen LogP contribution in [-0.2, 0) is 4.74 Å². The summed E-state index contributed by atoms with van der Waals surface area (Å²) < 4.78 is 17.0. The number of halogens is 1. The van der Waals surface area contributed by atoms with Crippen LogP contribution in [0.15, 0.2) is 46.9 Å². The first-order valence-electron chi connectivity index (χ1n) is 9.59. The molecule has 5 nitrogen and oxygen atoms in total. The summed E-state index contributed by atoms with van der Waals surface area (Å²) in [6, 6.07) is 12.7.